The van der Waals surface area contributed by atoms with Gasteiger partial charge in [-0.3, -0.25) is 4.98 Å². The number of fused-ring (bicyclic) bond motifs is 1. The second-order valence-electron chi connectivity index (χ2n) is 4.84. The molecule has 0 spiro atoms. The number of rotatable bonds is 3. The predicted octanol–water partition coefficient (Wildman–Crippen LogP) is 5.07. The standard InChI is InChI=1S/C16H14BrN3S/c1-2-4-13-14(17)16(21)20-15(19-13)11-6-7-12-10(9-11)5-3-8-18-12/h3,5-9H,2,4H2,1H3,(H,19,20,21). The monoisotopic (exact) mass is 359 g/mol. The van der Waals surface area contributed by atoms with Crippen molar-refractivity contribution in [3.8, 4) is 11.4 Å². The Morgan fingerprint density at radius 1 is 1.29 bits per heavy atom. The largest absolute Gasteiger partial charge is 0.342 e. The Balaban J connectivity index is 2.15. The third-order valence-corrected chi connectivity index (χ3v) is 4.72. The SMILES string of the molecule is CCCc1[nH]c(-c2ccc3ncccc3c2)nc(=S)c1Br. The van der Waals surface area contributed by atoms with Gasteiger partial charge in [0, 0.05) is 22.8 Å². The van der Waals surface area contributed by atoms with E-state index in [2.05, 4.69) is 43.9 Å². The minimum absolute atomic E-state index is 0.596. The summed E-state index contributed by atoms with van der Waals surface area (Å²) in [5, 5.41) is 1.09. The van der Waals surface area contributed by atoms with E-state index in [0.29, 0.717) is 4.64 Å². The third kappa shape index (κ3) is 2.89. The molecule has 0 fully saturated rings. The Labute approximate surface area is 136 Å². The van der Waals surface area contributed by atoms with E-state index in [1.807, 2.05) is 24.3 Å². The Hall–Kier alpha value is -1.59. The van der Waals surface area contributed by atoms with Crippen molar-refractivity contribution < 1.29 is 0 Å². The first kappa shape index (κ1) is 14.4. The molecule has 3 rings (SSSR count). The first-order valence-corrected chi connectivity index (χ1v) is 8.03. The molecule has 5 heteroatoms. The summed E-state index contributed by atoms with van der Waals surface area (Å²) in [6, 6.07) is 10.1. The molecule has 0 aliphatic rings. The molecule has 0 saturated carbocycles. The van der Waals surface area contributed by atoms with Crippen LogP contribution in [0.4, 0.5) is 0 Å². The molecule has 1 aromatic carbocycles. The maximum absolute atomic E-state index is 5.35. The molecule has 3 nitrogen and oxygen atoms in total. The lowest BCUT2D eigenvalue weighted by atomic mass is 10.1. The fourth-order valence-electron chi connectivity index (χ4n) is 2.29. The quantitative estimate of drug-likeness (QED) is 0.663. The molecule has 0 saturated heterocycles. The van der Waals surface area contributed by atoms with Crippen molar-refractivity contribution >= 4 is 39.1 Å². The molecular weight excluding hydrogens is 346 g/mol. The van der Waals surface area contributed by atoms with Gasteiger partial charge in [0.15, 0.2) is 0 Å². The summed E-state index contributed by atoms with van der Waals surface area (Å²) in [6.07, 6.45) is 3.79. The lowest BCUT2D eigenvalue weighted by molar-refractivity contribution is 0.865. The van der Waals surface area contributed by atoms with Gasteiger partial charge in [-0.1, -0.05) is 31.6 Å². The summed E-state index contributed by atoms with van der Waals surface area (Å²) < 4.78 is 1.49. The van der Waals surface area contributed by atoms with Crippen molar-refractivity contribution in [2.45, 2.75) is 19.8 Å². The topological polar surface area (TPSA) is 41.6 Å². The van der Waals surface area contributed by atoms with Crippen molar-refractivity contribution in [1.29, 1.82) is 0 Å². The highest BCUT2D eigenvalue weighted by Crippen LogP contribution is 2.24. The molecule has 0 atom stereocenters. The van der Waals surface area contributed by atoms with Crippen LogP contribution in [0.5, 0.6) is 0 Å². The Bertz CT molecular complexity index is 858. The van der Waals surface area contributed by atoms with E-state index in [1.54, 1.807) is 6.20 Å². The van der Waals surface area contributed by atoms with Gasteiger partial charge in [-0.15, -0.1) is 0 Å². The first-order valence-electron chi connectivity index (χ1n) is 6.83. The molecule has 106 valence electrons. The minimum Gasteiger partial charge on any atom is -0.342 e. The molecule has 2 heterocycles. The van der Waals surface area contributed by atoms with Crippen molar-refractivity contribution in [2.24, 2.45) is 0 Å². The van der Waals surface area contributed by atoms with Crippen molar-refractivity contribution in [1.82, 2.24) is 15.0 Å². The summed E-state index contributed by atoms with van der Waals surface area (Å²) in [5.41, 5.74) is 3.09. The van der Waals surface area contributed by atoms with E-state index in [1.165, 1.54) is 0 Å². The number of aromatic amines is 1. The molecule has 0 bridgehead atoms. The van der Waals surface area contributed by atoms with Gasteiger partial charge in [0.2, 0.25) is 0 Å². The van der Waals surface area contributed by atoms with Crippen LogP contribution in [0.3, 0.4) is 0 Å². The summed E-state index contributed by atoms with van der Waals surface area (Å²) in [6.45, 7) is 2.14. The van der Waals surface area contributed by atoms with Crippen LogP contribution in [0.25, 0.3) is 22.3 Å². The van der Waals surface area contributed by atoms with E-state index < -0.39 is 0 Å². The second-order valence-corrected chi connectivity index (χ2v) is 6.02. The van der Waals surface area contributed by atoms with Crippen LogP contribution >= 0.6 is 28.1 Å². The molecule has 0 aliphatic heterocycles. The smallest absolute Gasteiger partial charge is 0.144 e. The van der Waals surface area contributed by atoms with E-state index in [0.717, 1.165) is 45.3 Å². The van der Waals surface area contributed by atoms with Gasteiger partial charge in [-0.25, -0.2) is 4.98 Å². The zero-order valence-corrected chi connectivity index (χ0v) is 14.0. The minimum atomic E-state index is 0.596. The van der Waals surface area contributed by atoms with Gasteiger partial charge in [-0.2, -0.15) is 0 Å². The number of aromatic nitrogens is 3. The molecule has 1 N–H and O–H groups in total. The maximum atomic E-state index is 5.35. The molecule has 0 radical (unpaired) electrons. The first-order chi connectivity index (χ1) is 10.2. The zero-order valence-electron chi connectivity index (χ0n) is 11.6. The fourth-order valence-corrected chi connectivity index (χ4v) is 2.89. The summed E-state index contributed by atoms with van der Waals surface area (Å²) in [5.74, 6) is 0.803. The van der Waals surface area contributed by atoms with Gasteiger partial charge >= 0.3 is 0 Å². The summed E-state index contributed by atoms with van der Waals surface area (Å²) in [4.78, 5) is 12.2. The second kappa shape index (κ2) is 6.03. The summed E-state index contributed by atoms with van der Waals surface area (Å²) in [7, 11) is 0. The fraction of sp³-hybridized carbons (Fsp3) is 0.188. The van der Waals surface area contributed by atoms with Crippen molar-refractivity contribution in [3.63, 3.8) is 0 Å². The number of hydrogen-bond acceptors (Lipinski definition) is 3. The third-order valence-electron chi connectivity index (χ3n) is 3.31. The highest BCUT2D eigenvalue weighted by Gasteiger charge is 2.08. The molecule has 21 heavy (non-hydrogen) atoms. The van der Waals surface area contributed by atoms with Crippen LogP contribution < -0.4 is 0 Å². The highest BCUT2D eigenvalue weighted by atomic mass is 79.9. The van der Waals surface area contributed by atoms with Crippen LogP contribution in [0.15, 0.2) is 41.0 Å². The van der Waals surface area contributed by atoms with E-state index in [-0.39, 0.29) is 0 Å². The molecule has 0 amide bonds. The molecule has 0 unspecified atom stereocenters. The number of H-pyrrole nitrogens is 1. The maximum Gasteiger partial charge on any atom is 0.144 e. The predicted molar refractivity (Wildman–Crippen MR) is 91.9 cm³/mol. The average Bonchev–Trinajstić information content (AvgIpc) is 2.51. The molecule has 2 aromatic heterocycles. The van der Waals surface area contributed by atoms with Crippen LogP contribution in [0, 0.1) is 4.64 Å². The Morgan fingerprint density at radius 2 is 2.14 bits per heavy atom. The lowest BCUT2D eigenvalue weighted by Crippen LogP contribution is -1.98. The van der Waals surface area contributed by atoms with Crippen LogP contribution in [-0.4, -0.2) is 15.0 Å². The van der Waals surface area contributed by atoms with E-state index >= 15 is 0 Å². The van der Waals surface area contributed by atoms with Gasteiger partial charge in [0.05, 0.1) is 9.99 Å². The Kier molecular flexibility index (Phi) is 4.12. The number of halogens is 1. The molecule has 0 aliphatic carbocycles. The van der Waals surface area contributed by atoms with Crippen molar-refractivity contribution in [2.75, 3.05) is 0 Å². The van der Waals surface area contributed by atoms with Gasteiger partial charge in [0.1, 0.15) is 10.5 Å². The van der Waals surface area contributed by atoms with Gasteiger partial charge in [0.25, 0.3) is 0 Å². The average molecular weight is 360 g/mol. The van der Waals surface area contributed by atoms with E-state index in [9.17, 15) is 0 Å². The summed E-state index contributed by atoms with van der Waals surface area (Å²) >= 11 is 8.87. The zero-order chi connectivity index (χ0) is 14.8. The number of pyridine rings is 1. The van der Waals surface area contributed by atoms with Gasteiger partial charge < -0.3 is 4.98 Å². The van der Waals surface area contributed by atoms with Crippen LogP contribution in [-0.2, 0) is 6.42 Å². The Morgan fingerprint density at radius 3 is 2.95 bits per heavy atom. The normalized spacial score (nSPS) is 11.0. The molecular formula is C16H14BrN3S. The van der Waals surface area contributed by atoms with Crippen molar-refractivity contribution in [3.05, 3.63) is 51.3 Å². The van der Waals surface area contributed by atoms with E-state index in [4.69, 9.17) is 12.2 Å². The van der Waals surface area contributed by atoms with Crippen LogP contribution in [0.2, 0.25) is 0 Å². The molecule has 3 aromatic rings. The lowest BCUT2D eigenvalue weighted by Gasteiger charge is -2.08. The highest BCUT2D eigenvalue weighted by molar-refractivity contribution is 9.10. The number of nitrogens with one attached hydrogen (secondary N) is 1. The van der Waals surface area contributed by atoms with Gasteiger partial charge in [-0.05, 0) is 46.6 Å². The number of hydrogen-bond donors (Lipinski definition) is 1. The number of benzene rings is 1. The number of nitrogens with zero attached hydrogens (tertiary/aromatic N) is 2. The number of aryl methyl sites for hydroxylation is 1. The van der Waals surface area contributed by atoms with Crippen LogP contribution in [0.1, 0.15) is 19.0 Å².